The van der Waals surface area contributed by atoms with Crippen LogP contribution in [0.5, 0.6) is 0 Å². The van der Waals surface area contributed by atoms with Crippen LogP contribution >= 0.6 is 11.3 Å². The normalized spacial score (nSPS) is 14.2. The van der Waals surface area contributed by atoms with Gasteiger partial charge in [-0.1, -0.05) is 0 Å². The number of aromatic nitrogens is 3. The molecule has 0 saturated carbocycles. The van der Waals surface area contributed by atoms with E-state index in [0.717, 1.165) is 40.5 Å². The predicted molar refractivity (Wildman–Crippen MR) is 119 cm³/mol. The number of hydrogen-bond donors (Lipinski definition) is 1. The Hall–Kier alpha value is -3.30. The fourth-order valence-electron chi connectivity index (χ4n) is 3.55. The summed E-state index contributed by atoms with van der Waals surface area (Å²) in [5.41, 5.74) is 2.19. The van der Waals surface area contributed by atoms with Crippen molar-refractivity contribution >= 4 is 39.0 Å². The zero-order valence-corrected chi connectivity index (χ0v) is 17.7. The van der Waals surface area contributed by atoms with Crippen molar-refractivity contribution < 1.29 is 13.9 Å². The minimum Gasteiger partial charge on any atom is -0.378 e. The largest absolute Gasteiger partial charge is 0.378 e. The van der Waals surface area contributed by atoms with Gasteiger partial charge in [0.1, 0.15) is 16.5 Å². The summed E-state index contributed by atoms with van der Waals surface area (Å²) in [6, 6.07) is 11.7. The number of carbonyl (C=O) groups excluding carboxylic acids is 1. The highest BCUT2D eigenvalue weighted by Gasteiger charge is 2.18. The number of benzene rings is 1. The number of ether oxygens (including phenoxy) is 1. The Bertz CT molecular complexity index is 1230. The molecule has 4 heterocycles. The molecule has 5 rings (SSSR count). The number of pyridine rings is 1. The number of halogens is 1. The van der Waals surface area contributed by atoms with E-state index in [4.69, 9.17) is 4.74 Å². The van der Waals surface area contributed by atoms with Crippen molar-refractivity contribution in [2.24, 2.45) is 0 Å². The van der Waals surface area contributed by atoms with Gasteiger partial charge in [0, 0.05) is 18.5 Å². The lowest BCUT2D eigenvalue weighted by molar-refractivity contribution is 0.103. The molecule has 0 bridgehead atoms. The number of fused-ring (bicyclic) bond motifs is 1. The van der Waals surface area contributed by atoms with Crippen LogP contribution in [0.4, 0.5) is 15.9 Å². The first-order valence-electron chi connectivity index (χ1n) is 9.94. The van der Waals surface area contributed by atoms with Gasteiger partial charge >= 0.3 is 0 Å². The molecule has 9 heteroatoms. The topological polar surface area (TPSA) is 72.3 Å². The van der Waals surface area contributed by atoms with Gasteiger partial charge in [-0.2, -0.15) is 5.10 Å². The molecule has 0 unspecified atom stereocenters. The monoisotopic (exact) mass is 437 g/mol. The van der Waals surface area contributed by atoms with Crippen molar-refractivity contribution in [2.45, 2.75) is 6.92 Å². The van der Waals surface area contributed by atoms with Crippen LogP contribution in [0.1, 0.15) is 15.4 Å². The van der Waals surface area contributed by atoms with E-state index in [1.807, 2.05) is 25.1 Å². The summed E-state index contributed by atoms with van der Waals surface area (Å²) in [5.74, 6) is 0.369. The third-order valence-electron chi connectivity index (χ3n) is 5.18. The smallest absolute Gasteiger partial charge is 0.265 e. The zero-order chi connectivity index (χ0) is 21.4. The number of amides is 1. The highest BCUT2D eigenvalue weighted by atomic mass is 32.1. The molecule has 1 amide bonds. The number of nitrogens with zero attached hydrogens (tertiary/aromatic N) is 4. The van der Waals surface area contributed by atoms with Gasteiger partial charge in [0.2, 0.25) is 0 Å². The van der Waals surface area contributed by atoms with Gasteiger partial charge in [0.05, 0.1) is 41.4 Å². The molecule has 0 aliphatic carbocycles. The standard InChI is InChI=1S/C22H20FN5O2S/c1-14-18-12-19(31-22(18)28(26-14)17-5-2-15(23)3-6-17)21(29)25-16-4-7-20(24-13-16)27-8-10-30-11-9-27/h2-7,12-13H,8-11H2,1H3,(H,25,29). The molecule has 7 nitrogen and oxygen atoms in total. The zero-order valence-electron chi connectivity index (χ0n) is 16.8. The molecule has 0 atom stereocenters. The van der Waals surface area contributed by atoms with Gasteiger partial charge in [0.25, 0.3) is 5.91 Å². The summed E-state index contributed by atoms with van der Waals surface area (Å²) >= 11 is 1.35. The molecule has 1 saturated heterocycles. The van der Waals surface area contributed by atoms with Gasteiger partial charge in [-0.3, -0.25) is 4.79 Å². The Kier molecular flexibility index (Phi) is 5.13. The first-order chi connectivity index (χ1) is 15.1. The van der Waals surface area contributed by atoms with Crippen molar-refractivity contribution in [3.05, 3.63) is 65.0 Å². The molecule has 0 radical (unpaired) electrons. The maximum Gasteiger partial charge on any atom is 0.265 e. The minimum atomic E-state index is -0.302. The van der Waals surface area contributed by atoms with E-state index in [2.05, 4.69) is 20.3 Å². The van der Waals surface area contributed by atoms with E-state index in [0.29, 0.717) is 23.8 Å². The second kappa shape index (κ2) is 8.09. The molecule has 1 aliphatic heterocycles. The molecule has 1 aromatic carbocycles. The lowest BCUT2D eigenvalue weighted by atomic mass is 10.3. The quantitative estimate of drug-likeness (QED) is 0.522. The Balaban J connectivity index is 1.36. The lowest BCUT2D eigenvalue weighted by Gasteiger charge is -2.27. The highest BCUT2D eigenvalue weighted by molar-refractivity contribution is 7.20. The summed E-state index contributed by atoms with van der Waals surface area (Å²) in [6.45, 7) is 4.91. The Labute approximate surface area is 182 Å². The molecule has 1 N–H and O–H groups in total. The van der Waals surface area contributed by atoms with E-state index in [1.165, 1.54) is 23.5 Å². The molecular formula is C22H20FN5O2S. The van der Waals surface area contributed by atoms with Crippen LogP contribution < -0.4 is 10.2 Å². The van der Waals surface area contributed by atoms with Crippen LogP contribution in [-0.4, -0.2) is 47.0 Å². The number of hydrogen-bond acceptors (Lipinski definition) is 6. The number of carbonyl (C=O) groups is 1. The van der Waals surface area contributed by atoms with Crippen LogP contribution in [0.2, 0.25) is 0 Å². The van der Waals surface area contributed by atoms with Crippen molar-refractivity contribution in [2.75, 3.05) is 36.5 Å². The molecule has 4 aromatic rings. The van der Waals surface area contributed by atoms with Crippen LogP contribution in [0, 0.1) is 12.7 Å². The Morgan fingerprint density at radius 2 is 1.94 bits per heavy atom. The third kappa shape index (κ3) is 3.89. The van der Waals surface area contributed by atoms with Crippen LogP contribution in [0.15, 0.2) is 48.7 Å². The number of anilines is 2. The van der Waals surface area contributed by atoms with E-state index in [9.17, 15) is 9.18 Å². The second-order valence-corrected chi connectivity index (χ2v) is 8.29. The average Bonchev–Trinajstić information content (AvgIpc) is 3.36. The first kappa shape index (κ1) is 19.7. The molecule has 158 valence electrons. The summed E-state index contributed by atoms with van der Waals surface area (Å²) in [5, 5.41) is 8.35. The molecular weight excluding hydrogens is 417 g/mol. The van der Waals surface area contributed by atoms with Crippen LogP contribution in [0.25, 0.3) is 15.9 Å². The van der Waals surface area contributed by atoms with Crippen LogP contribution in [0.3, 0.4) is 0 Å². The van der Waals surface area contributed by atoms with E-state index in [-0.39, 0.29) is 11.7 Å². The molecule has 31 heavy (non-hydrogen) atoms. The maximum absolute atomic E-state index is 13.3. The number of rotatable bonds is 4. The summed E-state index contributed by atoms with van der Waals surface area (Å²) in [7, 11) is 0. The SMILES string of the molecule is Cc1nn(-c2ccc(F)cc2)c2sc(C(=O)Nc3ccc(N4CCOCC4)nc3)cc12. The minimum absolute atomic E-state index is 0.202. The van der Waals surface area contributed by atoms with E-state index >= 15 is 0 Å². The lowest BCUT2D eigenvalue weighted by Crippen LogP contribution is -2.36. The number of nitrogens with one attached hydrogen (secondary N) is 1. The molecule has 1 aliphatic rings. The van der Waals surface area contributed by atoms with E-state index < -0.39 is 0 Å². The van der Waals surface area contributed by atoms with Crippen LogP contribution in [-0.2, 0) is 4.74 Å². The molecule has 3 aromatic heterocycles. The van der Waals surface area contributed by atoms with Crippen molar-refractivity contribution in [1.82, 2.24) is 14.8 Å². The van der Waals surface area contributed by atoms with E-state index in [1.54, 1.807) is 23.0 Å². The number of morpholine rings is 1. The highest BCUT2D eigenvalue weighted by Crippen LogP contribution is 2.31. The fraction of sp³-hybridized carbons (Fsp3) is 0.227. The maximum atomic E-state index is 13.3. The molecule has 0 spiro atoms. The van der Waals surface area contributed by atoms with Crippen molar-refractivity contribution in [1.29, 1.82) is 0 Å². The predicted octanol–water partition coefficient (Wildman–Crippen LogP) is 4.02. The van der Waals surface area contributed by atoms with Gasteiger partial charge in [0.15, 0.2) is 0 Å². The third-order valence-corrected chi connectivity index (χ3v) is 6.29. The summed E-state index contributed by atoms with van der Waals surface area (Å²) < 4.78 is 20.4. The van der Waals surface area contributed by atoms with Gasteiger partial charge in [-0.05, 0) is 49.4 Å². The summed E-state index contributed by atoms with van der Waals surface area (Å²) in [4.78, 5) is 20.9. The van der Waals surface area contributed by atoms with Gasteiger partial charge in [-0.25, -0.2) is 14.1 Å². The second-order valence-electron chi connectivity index (χ2n) is 7.26. The van der Waals surface area contributed by atoms with Gasteiger partial charge < -0.3 is 15.0 Å². The Morgan fingerprint density at radius 1 is 1.16 bits per heavy atom. The summed E-state index contributed by atoms with van der Waals surface area (Å²) in [6.07, 6.45) is 1.67. The van der Waals surface area contributed by atoms with Crippen molar-refractivity contribution in [3.63, 3.8) is 0 Å². The number of thiophene rings is 1. The number of aryl methyl sites for hydroxylation is 1. The average molecular weight is 438 g/mol. The van der Waals surface area contributed by atoms with Gasteiger partial charge in [-0.15, -0.1) is 11.3 Å². The van der Waals surface area contributed by atoms with Crippen molar-refractivity contribution in [3.8, 4) is 5.69 Å². The first-order valence-corrected chi connectivity index (χ1v) is 10.8. The molecule has 1 fully saturated rings. The Morgan fingerprint density at radius 3 is 2.65 bits per heavy atom. The fourth-order valence-corrected chi connectivity index (χ4v) is 4.63.